The molecule has 0 unspecified atom stereocenters. The SMILES string of the molecule is CCCCOc1ccc(O)cc1.Oc1ccccc1. The van der Waals surface area contributed by atoms with E-state index >= 15 is 0 Å². The number of ether oxygens (including phenoxy) is 1. The van der Waals surface area contributed by atoms with E-state index in [0.717, 1.165) is 25.2 Å². The lowest BCUT2D eigenvalue weighted by Crippen LogP contribution is -1.95. The second-order valence-electron chi connectivity index (χ2n) is 4.03. The molecule has 2 aromatic rings. The molecule has 0 spiro atoms. The summed E-state index contributed by atoms with van der Waals surface area (Å²) in [4.78, 5) is 0. The number of phenols is 2. The molecule has 0 aliphatic heterocycles. The molecule has 0 saturated heterocycles. The van der Waals surface area contributed by atoms with Crippen LogP contribution in [0.1, 0.15) is 19.8 Å². The average molecular weight is 260 g/mol. The van der Waals surface area contributed by atoms with Gasteiger partial charge in [0.25, 0.3) is 0 Å². The van der Waals surface area contributed by atoms with Gasteiger partial charge in [0.05, 0.1) is 6.61 Å². The molecule has 0 saturated carbocycles. The molecule has 0 radical (unpaired) electrons. The predicted molar refractivity (Wildman–Crippen MR) is 76.6 cm³/mol. The van der Waals surface area contributed by atoms with Gasteiger partial charge < -0.3 is 14.9 Å². The quantitative estimate of drug-likeness (QED) is 0.818. The minimum Gasteiger partial charge on any atom is -0.508 e. The first kappa shape index (κ1) is 14.9. The van der Waals surface area contributed by atoms with Crippen LogP contribution in [0.4, 0.5) is 0 Å². The monoisotopic (exact) mass is 260 g/mol. The van der Waals surface area contributed by atoms with Crippen LogP contribution < -0.4 is 4.74 Å². The van der Waals surface area contributed by atoms with E-state index in [1.54, 1.807) is 48.5 Å². The maximum atomic E-state index is 8.97. The van der Waals surface area contributed by atoms with Crippen molar-refractivity contribution in [2.24, 2.45) is 0 Å². The summed E-state index contributed by atoms with van der Waals surface area (Å²) in [6, 6.07) is 15.5. The van der Waals surface area contributed by atoms with Gasteiger partial charge >= 0.3 is 0 Å². The third-order valence-electron chi connectivity index (χ3n) is 2.36. The summed E-state index contributed by atoms with van der Waals surface area (Å²) in [6.45, 7) is 2.88. The third kappa shape index (κ3) is 6.99. The van der Waals surface area contributed by atoms with Crippen molar-refractivity contribution < 1.29 is 14.9 Å². The Morgan fingerprint density at radius 3 is 1.89 bits per heavy atom. The summed E-state index contributed by atoms with van der Waals surface area (Å²) in [5.74, 6) is 1.42. The van der Waals surface area contributed by atoms with E-state index in [1.807, 2.05) is 6.07 Å². The van der Waals surface area contributed by atoms with E-state index in [4.69, 9.17) is 14.9 Å². The molecule has 0 heterocycles. The molecule has 0 fully saturated rings. The predicted octanol–water partition coefficient (Wildman–Crippen LogP) is 3.96. The van der Waals surface area contributed by atoms with E-state index in [1.165, 1.54) is 0 Å². The molecule has 102 valence electrons. The van der Waals surface area contributed by atoms with Gasteiger partial charge in [-0.25, -0.2) is 0 Å². The minimum atomic E-state index is 0.276. The fourth-order valence-corrected chi connectivity index (χ4v) is 1.30. The lowest BCUT2D eigenvalue weighted by atomic mass is 10.3. The Hall–Kier alpha value is -2.16. The van der Waals surface area contributed by atoms with Crippen LogP contribution in [0, 0.1) is 0 Å². The van der Waals surface area contributed by atoms with Crippen LogP contribution in [-0.4, -0.2) is 16.8 Å². The van der Waals surface area contributed by atoms with E-state index in [9.17, 15) is 0 Å². The smallest absolute Gasteiger partial charge is 0.119 e. The molecule has 0 aliphatic carbocycles. The highest BCUT2D eigenvalue weighted by Crippen LogP contribution is 2.15. The maximum Gasteiger partial charge on any atom is 0.119 e. The van der Waals surface area contributed by atoms with Gasteiger partial charge in [-0.2, -0.15) is 0 Å². The van der Waals surface area contributed by atoms with Gasteiger partial charge in [0, 0.05) is 0 Å². The van der Waals surface area contributed by atoms with Crippen molar-refractivity contribution >= 4 is 0 Å². The largest absolute Gasteiger partial charge is 0.508 e. The average Bonchev–Trinajstić information content (AvgIpc) is 2.43. The van der Waals surface area contributed by atoms with Crippen LogP contribution in [0.2, 0.25) is 0 Å². The zero-order valence-corrected chi connectivity index (χ0v) is 11.1. The molecular weight excluding hydrogens is 240 g/mol. The van der Waals surface area contributed by atoms with Crippen molar-refractivity contribution in [2.75, 3.05) is 6.61 Å². The Labute approximate surface area is 114 Å². The Bertz CT molecular complexity index is 437. The fourth-order valence-electron chi connectivity index (χ4n) is 1.30. The number of para-hydroxylation sites is 1. The molecule has 19 heavy (non-hydrogen) atoms. The van der Waals surface area contributed by atoms with Crippen LogP contribution in [0.25, 0.3) is 0 Å². The van der Waals surface area contributed by atoms with Gasteiger partial charge in [-0.15, -0.1) is 0 Å². The topological polar surface area (TPSA) is 49.7 Å². The number of hydrogen-bond acceptors (Lipinski definition) is 3. The molecule has 0 bridgehead atoms. The number of phenolic OH excluding ortho intramolecular Hbond substituents is 2. The first-order valence-corrected chi connectivity index (χ1v) is 6.38. The molecule has 3 nitrogen and oxygen atoms in total. The molecule has 2 rings (SSSR count). The van der Waals surface area contributed by atoms with Crippen molar-refractivity contribution in [3.63, 3.8) is 0 Å². The number of unbranched alkanes of at least 4 members (excludes halogenated alkanes) is 1. The van der Waals surface area contributed by atoms with Gasteiger partial charge in [-0.3, -0.25) is 0 Å². The molecule has 2 N–H and O–H groups in total. The molecule has 3 heteroatoms. The first-order chi connectivity index (χ1) is 9.22. The highest BCUT2D eigenvalue weighted by Gasteiger charge is 1.92. The van der Waals surface area contributed by atoms with Crippen LogP contribution in [0.5, 0.6) is 17.2 Å². The Kier molecular flexibility index (Phi) is 6.95. The molecular formula is C16H20O3. The van der Waals surface area contributed by atoms with Crippen LogP contribution in [0.15, 0.2) is 54.6 Å². The van der Waals surface area contributed by atoms with Crippen LogP contribution >= 0.6 is 0 Å². The van der Waals surface area contributed by atoms with Crippen molar-refractivity contribution in [3.8, 4) is 17.2 Å². The summed E-state index contributed by atoms with van der Waals surface area (Å²) in [6.07, 6.45) is 2.21. The van der Waals surface area contributed by atoms with Gasteiger partial charge in [-0.1, -0.05) is 31.5 Å². The number of aromatic hydroxyl groups is 2. The molecule has 0 amide bonds. The van der Waals surface area contributed by atoms with Crippen molar-refractivity contribution in [2.45, 2.75) is 19.8 Å². The molecule has 2 aromatic carbocycles. The second kappa shape index (κ2) is 8.86. The fraction of sp³-hybridized carbons (Fsp3) is 0.250. The summed E-state index contributed by atoms with van der Waals surface area (Å²) in [7, 11) is 0. The zero-order chi connectivity index (χ0) is 13.9. The third-order valence-corrected chi connectivity index (χ3v) is 2.36. The van der Waals surface area contributed by atoms with E-state index in [-0.39, 0.29) is 5.75 Å². The maximum absolute atomic E-state index is 8.97. The Balaban J connectivity index is 0.000000218. The first-order valence-electron chi connectivity index (χ1n) is 6.38. The minimum absolute atomic E-state index is 0.276. The summed E-state index contributed by atoms with van der Waals surface area (Å²) >= 11 is 0. The Morgan fingerprint density at radius 1 is 0.842 bits per heavy atom. The van der Waals surface area contributed by atoms with Crippen molar-refractivity contribution in [1.29, 1.82) is 0 Å². The van der Waals surface area contributed by atoms with Crippen molar-refractivity contribution in [3.05, 3.63) is 54.6 Å². The standard InChI is InChI=1S/C10H14O2.C6H6O/c1-2-3-8-12-10-6-4-9(11)5-7-10;7-6-4-2-1-3-5-6/h4-7,11H,2-3,8H2,1H3;1-5,7H. The normalized spacial score (nSPS) is 9.32. The van der Waals surface area contributed by atoms with Gasteiger partial charge in [-0.05, 0) is 42.8 Å². The van der Waals surface area contributed by atoms with E-state index in [2.05, 4.69) is 6.92 Å². The Morgan fingerprint density at radius 2 is 1.42 bits per heavy atom. The second-order valence-corrected chi connectivity index (χ2v) is 4.03. The van der Waals surface area contributed by atoms with Crippen molar-refractivity contribution in [1.82, 2.24) is 0 Å². The molecule has 0 atom stereocenters. The molecule has 0 aromatic heterocycles. The van der Waals surface area contributed by atoms with Crippen LogP contribution in [-0.2, 0) is 0 Å². The highest BCUT2D eigenvalue weighted by molar-refractivity contribution is 5.29. The lowest BCUT2D eigenvalue weighted by Gasteiger charge is -2.04. The number of rotatable bonds is 4. The molecule has 0 aliphatic rings. The lowest BCUT2D eigenvalue weighted by molar-refractivity contribution is 0.309. The van der Waals surface area contributed by atoms with Gasteiger partial charge in [0.1, 0.15) is 17.2 Å². The summed E-state index contributed by atoms with van der Waals surface area (Å²) < 4.78 is 5.39. The van der Waals surface area contributed by atoms with Gasteiger partial charge in [0.15, 0.2) is 0 Å². The van der Waals surface area contributed by atoms with Crippen LogP contribution in [0.3, 0.4) is 0 Å². The van der Waals surface area contributed by atoms with E-state index < -0.39 is 0 Å². The van der Waals surface area contributed by atoms with E-state index in [0.29, 0.717) is 5.75 Å². The number of hydrogen-bond donors (Lipinski definition) is 2. The summed E-state index contributed by atoms with van der Waals surface area (Å²) in [5, 5.41) is 17.6. The summed E-state index contributed by atoms with van der Waals surface area (Å²) in [5.41, 5.74) is 0. The zero-order valence-electron chi connectivity index (χ0n) is 11.1. The number of benzene rings is 2. The highest BCUT2D eigenvalue weighted by atomic mass is 16.5. The van der Waals surface area contributed by atoms with Gasteiger partial charge in [0.2, 0.25) is 0 Å².